The minimum atomic E-state index is 0.227. The minimum Gasteiger partial charge on any atom is -0.313 e. The highest BCUT2D eigenvalue weighted by Crippen LogP contribution is 2.27. The average molecular weight is 308 g/mol. The van der Waals surface area contributed by atoms with E-state index in [9.17, 15) is 0 Å². The Hall–Kier alpha value is -1.02. The van der Waals surface area contributed by atoms with Crippen molar-refractivity contribution in [3.05, 3.63) is 68.7 Å². The van der Waals surface area contributed by atoms with Gasteiger partial charge in [-0.3, -0.25) is 0 Å². The van der Waals surface area contributed by atoms with Crippen LogP contribution in [0.15, 0.2) is 36.4 Å². The number of likely N-dealkylation sites (N-methyl/N-ethyl adjacent to an activating group) is 1. The molecule has 0 saturated carbocycles. The molecule has 0 amide bonds. The summed E-state index contributed by atoms with van der Waals surface area (Å²) in [5.41, 5.74) is 4.95. The molecule has 1 nitrogen and oxygen atoms in total. The van der Waals surface area contributed by atoms with Gasteiger partial charge in [-0.05, 0) is 67.8 Å². The Balaban J connectivity index is 2.28. The Labute approximate surface area is 130 Å². The van der Waals surface area contributed by atoms with Gasteiger partial charge in [0.05, 0.1) is 0 Å². The molecule has 106 valence electrons. The lowest BCUT2D eigenvalue weighted by molar-refractivity contribution is 0.591. The van der Waals surface area contributed by atoms with E-state index in [2.05, 4.69) is 37.4 Å². The van der Waals surface area contributed by atoms with Gasteiger partial charge in [0, 0.05) is 16.1 Å². The van der Waals surface area contributed by atoms with Crippen LogP contribution in [-0.4, -0.2) is 7.05 Å². The highest BCUT2D eigenvalue weighted by atomic mass is 35.5. The van der Waals surface area contributed by atoms with Crippen molar-refractivity contribution in [2.75, 3.05) is 7.05 Å². The van der Waals surface area contributed by atoms with Crippen molar-refractivity contribution >= 4 is 23.2 Å². The lowest BCUT2D eigenvalue weighted by Crippen LogP contribution is -2.19. The second-order valence-corrected chi connectivity index (χ2v) is 5.97. The van der Waals surface area contributed by atoms with Crippen molar-refractivity contribution in [3.63, 3.8) is 0 Å². The maximum atomic E-state index is 6.25. The molecule has 0 aliphatic carbocycles. The fraction of sp³-hybridized carbons (Fsp3) is 0.294. The summed E-state index contributed by atoms with van der Waals surface area (Å²) in [5.74, 6) is 0. The molecule has 0 aliphatic rings. The van der Waals surface area contributed by atoms with Crippen molar-refractivity contribution < 1.29 is 0 Å². The summed E-state index contributed by atoms with van der Waals surface area (Å²) in [5, 5.41) is 4.84. The maximum Gasteiger partial charge on any atom is 0.0439 e. The SMILES string of the molecule is CNC(Cc1cc(Cl)ccc1Cl)c1ccc(C)c(C)c1. The Bertz CT molecular complexity index is 608. The standard InChI is InChI=1S/C17H19Cl2N/c1-11-4-5-13(8-12(11)2)17(20-3)10-14-9-15(18)6-7-16(14)19/h4-9,17,20H,10H2,1-3H3. The molecule has 0 aromatic heterocycles. The number of benzene rings is 2. The third-order valence-corrected chi connectivity index (χ3v) is 4.32. The zero-order valence-electron chi connectivity index (χ0n) is 12.0. The fourth-order valence-corrected chi connectivity index (χ4v) is 2.68. The predicted octanol–water partition coefficient (Wildman–Crippen LogP) is 5.11. The molecule has 20 heavy (non-hydrogen) atoms. The Morgan fingerprint density at radius 3 is 2.40 bits per heavy atom. The quantitative estimate of drug-likeness (QED) is 0.827. The van der Waals surface area contributed by atoms with Gasteiger partial charge in [0.15, 0.2) is 0 Å². The fourth-order valence-electron chi connectivity index (χ4n) is 2.29. The highest BCUT2D eigenvalue weighted by molar-refractivity contribution is 6.33. The van der Waals surface area contributed by atoms with Gasteiger partial charge in [-0.15, -0.1) is 0 Å². The molecule has 1 unspecified atom stereocenters. The van der Waals surface area contributed by atoms with Crippen LogP contribution in [0.3, 0.4) is 0 Å². The Morgan fingerprint density at radius 2 is 1.75 bits per heavy atom. The van der Waals surface area contributed by atoms with Crippen LogP contribution in [-0.2, 0) is 6.42 Å². The molecule has 0 aliphatic heterocycles. The van der Waals surface area contributed by atoms with Gasteiger partial charge in [-0.1, -0.05) is 41.4 Å². The van der Waals surface area contributed by atoms with E-state index in [4.69, 9.17) is 23.2 Å². The van der Waals surface area contributed by atoms with Crippen LogP contribution < -0.4 is 5.32 Å². The summed E-state index contributed by atoms with van der Waals surface area (Å²) in [6.45, 7) is 4.26. The second kappa shape index (κ2) is 6.62. The lowest BCUT2D eigenvalue weighted by Gasteiger charge is -2.19. The number of aryl methyl sites for hydroxylation is 2. The summed E-state index contributed by atoms with van der Waals surface area (Å²) in [4.78, 5) is 0. The van der Waals surface area contributed by atoms with Gasteiger partial charge in [0.25, 0.3) is 0 Å². The summed E-state index contributed by atoms with van der Waals surface area (Å²) < 4.78 is 0. The first-order chi connectivity index (χ1) is 9.51. The van der Waals surface area contributed by atoms with Crippen LogP contribution >= 0.6 is 23.2 Å². The van der Waals surface area contributed by atoms with Crippen molar-refractivity contribution in [2.45, 2.75) is 26.3 Å². The summed E-state index contributed by atoms with van der Waals surface area (Å²) in [6, 6.07) is 12.4. The molecule has 0 heterocycles. The van der Waals surface area contributed by atoms with Crippen LogP contribution in [0.25, 0.3) is 0 Å². The van der Waals surface area contributed by atoms with Crippen molar-refractivity contribution in [2.24, 2.45) is 0 Å². The summed E-state index contributed by atoms with van der Waals surface area (Å²) in [7, 11) is 1.97. The van der Waals surface area contributed by atoms with E-state index in [0.717, 1.165) is 22.0 Å². The third kappa shape index (κ3) is 3.54. The van der Waals surface area contributed by atoms with E-state index in [1.807, 2.05) is 25.2 Å². The number of hydrogen-bond donors (Lipinski definition) is 1. The zero-order valence-corrected chi connectivity index (χ0v) is 13.5. The smallest absolute Gasteiger partial charge is 0.0439 e. The Kier molecular flexibility index (Phi) is 5.09. The topological polar surface area (TPSA) is 12.0 Å². The number of nitrogens with one attached hydrogen (secondary N) is 1. The van der Waals surface area contributed by atoms with Gasteiger partial charge in [-0.25, -0.2) is 0 Å². The molecular weight excluding hydrogens is 289 g/mol. The first-order valence-corrected chi connectivity index (χ1v) is 7.45. The zero-order chi connectivity index (χ0) is 14.7. The minimum absolute atomic E-state index is 0.227. The normalized spacial score (nSPS) is 12.4. The van der Waals surface area contributed by atoms with Gasteiger partial charge >= 0.3 is 0 Å². The number of halogens is 2. The molecule has 3 heteroatoms. The molecular formula is C17H19Cl2N. The molecule has 0 spiro atoms. The van der Waals surface area contributed by atoms with E-state index in [1.54, 1.807) is 0 Å². The molecule has 0 fully saturated rings. The first kappa shape index (κ1) is 15.4. The van der Waals surface area contributed by atoms with Crippen LogP contribution in [0.5, 0.6) is 0 Å². The summed E-state index contributed by atoms with van der Waals surface area (Å²) in [6.07, 6.45) is 0.818. The average Bonchev–Trinajstić information content (AvgIpc) is 2.43. The van der Waals surface area contributed by atoms with Crippen LogP contribution in [0, 0.1) is 13.8 Å². The molecule has 1 N–H and O–H groups in total. The van der Waals surface area contributed by atoms with E-state index in [0.29, 0.717) is 0 Å². The first-order valence-electron chi connectivity index (χ1n) is 6.69. The van der Waals surface area contributed by atoms with Crippen LogP contribution in [0.2, 0.25) is 10.0 Å². The predicted molar refractivity (Wildman–Crippen MR) is 87.9 cm³/mol. The molecule has 2 aromatic carbocycles. The second-order valence-electron chi connectivity index (χ2n) is 5.12. The van der Waals surface area contributed by atoms with Crippen molar-refractivity contribution in [3.8, 4) is 0 Å². The van der Waals surface area contributed by atoms with Gasteiger partial charge < -0.3 is 5.32 Å². The van der Waals surface area contributed by atoms with Gasteiger partial charge in [0.2, 0.25) is 0 Å². The third-order valence-electron chi connectivity index (χ3n) is 3.71. The van der Waals surface area contributed by atoms with E-state index >= 15 is 0 Å². The number of hydrogen-bond acceptors (Lipinski definition) is 1. The largest absolute Gasteiger partial charge is 0.313 e. The van der Waals surface area contributed by atoms with E-state index in [-0.39, 0.29) is 6.04 Å². The molecule has 0 radical (unpaired) electrons. The monoisotopic (exact) mass is 307 g/mol. The van der Waals surface area contributed by atoms with Crippen molar-refractivity contribution in [1.29, 1.82) is 0 Å². The molecule has 2 aromatic rings. The molecule has 0 saturated heterocycles. The molecule has 0 bridgehead atoms. The van der Waals surface area contributed by atoms with Crippen LogP contribution in [0.1, 0.15) is 28.3 Å². The van der Waals surface area contributed by atoms with E-state index < -0.39 is 0 Å². The van der Waals surface area contributed by atoms with E-state index in [1.165, 1.54) is 16.7 Å². The lowest BCUT2D eigenvalue weighted by atomic mass is 9.96. The van der Waals surface area contributed by atoms with Crippen molar-refractivity contribution in [1.82, 2.24) is 5.32 Å². The van der Waals surface area contributed by atoms with Gasteiger partial charge in [0.1, 0.15) is 0 Å². The molecule has 1 atom stereocenters. The highest BCUT2D eigenvalue weighted by Gasteiger charge is 2.13. The number of rotatable bonds is 4. The maximum absolute atomic E-state index is 6.25. The Morgan fingerprint density at radius 1 is 1.00 bits per heavy atom. The summed E-state index contributed by atoms with van der Waals surface area (Å²) >= 11 is 12.3. The van der Waals surface area contributed by atoms with Crippen LogP contribution in [0.4, 0.5) is 0 Å². The molecule has 2 rings (SSSR count). The van der Waals surface area contributed by atoms with Gasteiger partial charge in [-0.2, -0.15) is 0 Å².